The largest absolute Gasteiger partial charge is 0.336 e. The van der Waals surface area contributed by atoms with Crippen molar-refractivity contribution in [2.45, 2.75) is 0 Å². The Hall–Kier alpha value is -3.68. The van der Waals surface area contributed by atoms with Crippen LogP contribution in [0.25, 0.3) is 6.08 Å². The molecule has 2 aromatic rings. The Balaban J connectivity index is 1.71. The predicted octanol–water partition coefficient (Wildman–Crippen LogP) is 2.78. The van der Waals surface area contributed by atoms with Gasteiger partial charge in [-0.3, -0.25) is 19.8 Å². The first-order valence-electron chi connectivity index (χ1n) is 7.92. The quantitative estimate of drug-likeness (QED) is 0.490. The number of amides is 3. The van der Waals surface area contributed by atoms with Crippen molar-refractivity contribution in [1.82, 2.24) is 5.32 Å². The molecule has 0 aliphatic carbocycles. The Morgan fingerprint density at radius 1 is 1.23 bits per heavy atom. The normalized spacial score (nSPS) is 13.7. The molecule has 1 fully saturated rings. The van der Waals surface area contributed by atoms with Crippen molar-refractivity contribution in [1.29, 1.82) is 0 Å². The number of nitrogens with one attached hydrogen (secondary N) is 2. The van der Waals surface area contributed by atoms with Crippen LogP contribution in [0.3, 0.4) is 0 Å². The summed E-state index contributed by atoms with van der Waals surface area (Å²) in [4.78, 5) is 35.9. The number of urea groups is 1. The molecule has 8 heteroatoms. The SMILES string of the molecule is O=C(/C=C/c1ccccc1[N+](=O)[O-])Nc1cccc(N2CCNC2=O)c1. The molecule has 0 spiro atoms. The monoisotopic (exact) mass is 352 g/mol. The van der Waals surface area contributed by atoms with Crippen molar-refractivity contribution < 1.29 is 14.5 Å². The molecule has 3 amide bonds. The van der Waals surface area contributed by atoms with Crippen molar-refractivity contribution in [2.75, 3.05) is 23.3 Å². The van der Waals surface area contributed by atoms with Gasteiger partial charge in [-0.15, -0.1) is 0 Å². The number of nitro benzene ring substituents is 1. The van der Waals surface area contributed by atoms with Crippen LogP contribution in [0.4, 0.5) is 21.9 Å². The maximum atomic E-state index is 12.1. The maximum absolute atomic E-state index is 12.1. The molecule has 26 heavy (non-hydrogen) atoms. The van der Waals surface area contributed by atoms with E-state index in [1.54, 1.807) is 47.4 Å². The summed E-state index contributed by atoms with van der Waals surface area (Å²) in [5, 5.41) is 16.4. The number of para-hydroxylation sites is 1. The molecule has 0 atom stereocenters. The third kappa shape index (κ3) is 3.86. The van der Waals surface area contributed by atoms with Crippen LogP contribution < -0.4 is 15.5 Å². The van der Waals surface area contributed by atoms with Gasteiger partial charge in [-0.05, 0) is 30.3 Å². The summed E-state index contributed by atoms with van der Waals surface area (Å²) in [5.74, 6) is -0.425. The molecule has 1 saturated heterocycles. The lowest BCUT2D eigenvalue weighted by Crippen LogP contribution is -2.27. The molecule has 2 aromatic carbocycles. The van der Waals surface area contributed by atoms with Crippen molar-refractivity contribution in [2.24, 2.45) is 0 Å². The van der Waals surface area contributed by atoms with Gasteiger partial charge in [0.2, 0.25) is 5.91 Å². The lowest BCUT2D eigenvalue weighted by Gasteiger charge is -2.15. The summed E-state index contributed by atoms with van der Waals surface area (Å²) in [6, 6.07) is 12.9. The molecule has 0 saturated carbocycles. The molecule has 1 aliphatic rings. The number of benzene rings is 2. The van der Waals surface area contributed by atoms with E-state index in [1.165, 1.54) is 18.2 Å². The Bertz CT molecular complexity index is 894. The average Bonchev–Trinajstić information content (AvgIpc) is 3.06. The van der Waals surface area contributed by atoms with Gasteiger partial charge >= 0.3 is 6.03 Å². The first kappa shape index (κ1) is 17.2. The van der Waals surface area contributed by atoms with E-state index >= 15 is 0 Å². The van der Waals surface area contributed by atoms with Crippen LogP contribution in [0.5, 0.6) is 0 Å². The highest BCUT2D eigenvalue weighted by Crippen LogP contribution is 2.22. The van der Waals surface area contributed by atoms with Gasteiger partial charge in [-0.1, -0.05) is 18.2 Å². The zero-order valence-electron chi connectivity index (χ0n) is 13.7. The van der Waals surface area contributed by atoms with E-state index in [-0.39, 0.29) is 11.7 Å². The number of rotatable bonds is 5. The lowest BCUT2D eigenvalue weighted by atomic mass is 10.1. The third-order valence-electron chi connectivity index (χ3n) is 3.83. The predicted molar refractivity (Wildman–Crippen MR) is 97.9 cm³/mol. The van der Waals surface area contributed by atoms with Crippen molar-refractivity contribution in [3.8, 4) is 0 Å². The van der Waals surface area contributed by atoms with Crippen LogP contribution in [0.1, 0.15) is 5.56 Å². The zero-order chi connectivity index (χ0) is 18.5. The fraction of sp³-hybridized carbons (Fsp3) is 0.111. The Morgan fingerprint density at radius 3 is 2.77 bits per heavy atom. The minimum atomic E-state index is -0.498. The zero-order valence-corrected chi connectivity index (χ0v) is 13.7. The fourth-order valence-corrected chi connectivity index (χ4v) is 2.61. The van der Waals surface area contributed by atoms with Crippen LogP contribution >= 0.6 is 0 Å². The van der Waals surface area contributed by atoms with E-state index in [0.29, 0.717) is 30.0 Å². The molecule has 0 unspecified atom stereocenters. The number of nitro groups is 1. The number of hydrogen-bond donors (Lipinski definition) is 2. The van der Waals surface area contributed by atoms with E-state index in [9.17, 15) is 19.7 Å². The molecular formula is C18H16N4O4. The van der Waals surface area contributed by atoms with E-state index in [1.807, 2.05) is 0 Å². The smallest absolute Gasteiger partial charge is 0.321 e. The molecule has 0 bridgehead atoms. The number of carbonyl (C=O) groups is 2. The van der Waals surface area contributed by atoms with Crippen LogP contribution in [0.2, 0.25) is 0 Å². The van der Waals surface area contributed by atoms with Gasteiger partial charge in [0.05, 0.1) is 10.5 Å². The summed E-state index contributed by atoms with van der Waals surface area (Å²) >= 11 is 0. The fourth-order valence-electron chi connectivity index (χ4n) is 2.61. The molecular weight excluding hydrogens is 336 g/mol. The van der Waals surface area contributed by atoms with Gasteiger partial charge in [0.1, 0.15) is 0 Å². The van der Waals surface area contributed by atoms with E-state index in [0.717, 1.165) is 0 Å². The van der Waals surface area contributed by atoms with Gasteiger partial charge in [0.25, 0.3) is 5.69 Å². The highest BCUT2D eigenvalue weighted by molar-refractivity contribution is 6.03. The molecule has 132 valence electrons. The van der Waals surface area contributed by atoms with Crippen molar-refractivity contribution in [3.05, 3.63) is 70.3 Å². The van der Waals surface area contributed by atoms with Gasteiger partial charge < -0.3 is 10.6 Å². The number of hydrogen-bond acceptors (Lipinski definition) is 4. The summed E-state index contributed by atoms with van der Waals surface area (Å²) in [6.07, 6.45) is 2.63. The average molecular weight is 352 g/mol. The standard InChI is InChI=1S/C18H16N4O4/c23-17(9-8-13-4-1-2-7-16(13)22(25)26)20-14-5-3-6-15(12-14)21-11-10-19-18(21)24/h1-9,12H,10-11H2,(H,19,24)(H,20,23)/b9-8+. The summed E-state index contributed by atoms with van der Waals surface area (Å²) < 4.78 is 0. The van der Waals surface area contributed by atoms with Gasteiger partial charge in [-0.2, -0.15) is 0 Å². The molecule has 1 heterocycles. The molecule has 1 aliphatic heterocycles. The van der Waals surface area contributed by atoms with Gasteiger partial charge in [0.15, 0.2) is 0 Å². The summed E-state index contributed by atoms with van der Waals surface area (Å²) in [6.45, 7) is 1.14. The first-order chi connectivity index (χ1) is 12.5. The Labute approximate surface area is 149 Å². The summed E-state index contributed by atoms with van der Waals surface area (Å²) in [7, 11) is 0. The third-order valence-corrected chi connectivity index (χ3v) is 3.83. The second kappa shape index (κ2) is 7.47. The van der Waals surface area contributed by atoms with E-state index < -0.39 is 10.8 Å². The second-order valence-corrected chi connectivity index (χ2v) is 5.57. The molecule has 0 radical (unpaired) electrons. The first-order valence-corrected chi connectivity index (χ1v) is 7.92. The number of nitrogens with zero attached hydrogens (tertiary/aromatic N) is 2. The molecule has 8 nitrogen and oxygen atoms in total. The minimum Gasteiger partial charge on any atom is -0.336 e. The van der Waals surface area contributed by atoms with E-state index in [2.05, 4.69) is 10.6 Å². The number of anilines is 2. The highest BCUT2D eigenvalue weighted by Gasteiger charge is 2.21. The Kier molecular flexibility index (Phi) is 4.93. The molecule has 2 N–H and O–H groups in total. The van der Waals surface area contributed by atoms with Gasteiger partial charge in [0, 0.05) is 36.6 Å². The van der Waals surface area contributed by atoms with Crippen LogP contribution in [-0.4, -0.2) is 30.0 Å². The van der Waals surface area contributed by atoms with E-state index in [4.69, 9.17) is 0 Å². The molecule has 3 rings (SSSR count). The summed E-state index contributed by atoms with van der Waals surface area (Å²) in [5.41, 5.74) is 1.48. The number of carbonyl (C=O) groups excluding carboxylic acids is 2. The minimum absolute atomic E-state index is 0.0707. The Morgan fingerprint density at radius 2 is 2.04 bits per heavy atom. The van der Waals surface area contributed by atoms with Crippen LogP contribution in [0, 0.1) is 10.1 Å². The molecule has 0 aromatic heterocycles. The topological polar surface area (TPSA) is 105 Å². The van der Waals surface area contributed by atoms with Crippen LogP contribution in [0.15, 0.2) is 54.6 Å². The van der Waals surface area contributed by atoms with Crippen LogP contribution in [-0.2, 0) is 4.79 Å². The van der Waals surface area contributed by atoms with Crippen molar-refractivity contribution in [3.63, 3.8) is 0 Å². The highest BCUT2D eigenvalue weighted by atomic mass is 16.6. The van der Waals surface area contributed by atoms with Crippen molar-refractivity contribution >= 4 is 35.1 Å². The second-order valence-electron chi connectivity index (χ2n) is 5.57. The van der Waals surface area contributed by atoms with Gasteiger partial charge in [-0.25, -0.2) is 4.79 Å². The lowest BCUT2D eigenvalue weighted by molar-refractivity contribution is -0.385. The maximum Gasteiger partial charge on any atom is 0.321 e.